The molecule has 2 aromatic rings. The van der Waals surface area contributed by atoms with Crippen molar-refractivity contribution in [3.63, 3.8) is 0 Å². The molecule has 0 unspecified atom stereocenters. The van der Waals surface area contributed by atoms with Gasteiger partial charge in [0, 0.05) is 44.6 Å². The van der Waals surface area contributed by atoms with Crippen LogP contribution >= 0.6 is 0 Å². The van der Waals surface area contributed by atoms with E-state index in [1.54, 1.807) is 6.92 Å². The molecule has 3 heterocycles. The highest BCUT2D eigenvalue weighted by molar-refractivity contribution is 5.78. The monoisotopic (exact) mass is 360 g/mol. The maximum Gasteiger partial charge on any atom is 0.264 e. The summed E-state index contributed by atoms with van der Waals surface area (Å²) < 4.78 is 6.88. The minimum absolute atomic E-state index is 0.121. The number of aryl methyl sites for hydroxylation is 3. The molecule has 1 fully saturated rings. The number of rotatable bonds is 7. The number of furan rings is 1. The fourth-order valence-electron chi connectivity index (χ4n) is 3.18. The lowest BCUT2D eigenvalue weighted by atomic mass is 10.2. The first-order valence-electron chi connectivity index (χ1n) is 8.97. The summed E-state index contributed by atoms with van der Waals surface area (Å²) >= 11 is 0. The van der Waals surface area contributed by atoms with E-state index in [9.17, 15) is 14.4 Å². The van der Waals surface area contributed by atoms with Gasteiger partial charge in [0.15, 0.2) is 0 Å². The second kappa shape index (κ2) is 7.72. The number of nitrogens with zero attached hydrogens (tertiary/aromatic N) is 3. The number of hydrogen-bond acceptors (Lipinski definition) is 5. The maximum atomic E-state index is 12.5. The number of likely N-dealkylation sites (tertiary alicyclic amines) is 1. The molecule has 1 aliphatic heterocycles. The van der Waals surface area contributed by atoms with Crippen LogP contribution in [0.5, 0.6) is 0 Å². The average Bonchev–Trinajstić information content (AvgIpc) is 3.15. The van der Waals surface area contributed by atoms with E-state index < -0.39 is 0 Å². The summed E-state index contributed by atoms with van der Waals surface area (Å²) in [5, 5.41) is 3.31. The molecule has 1 saturated heterocycles. The molecule has 8 heteroatoms. The zero-order valence-electron chi connectivity index (χ0n) is 15.2. The van der Waals surface area contributed by atoms with E-state index in [2.05, 4.69) is 10.3 Å². The predicted molar refractivity (Wildman–Crippen MR) is 95.8 cm³/mol. The highest BCUT2D eigenvalue weighted by Gasteiger charge is 2.19. The van der Waals surface area contributed by atoms with E-state index in [4.69, 9.17) is 4.42 Å². The maximum absolute atomic E-state index is 12.5. The molecule has 1 N–H and O–H groups in total. The zero-order valence-corrected chi connectivity index (χ0v) is 15.2. The van der Waals surface area contributed by atoms with E-state index in [-0.39, 0.29) is 30.3 Å². The number of hydrogen-bond donors (Lipinski definition) is 1. The van der Waals surface area contributed by atoms with Crippen LogP contribution in [0.25, 0.3) is 11.1 Å². The molecule has 0 aliphatic carbocycles. The van der Waals surface area contributed by atoms with E-state index >= 15 is 0 Å². The third-order valence-corrected chi connectivity index (χ3v) is 4.83. The van der Waals surface area contributed by atoms with Gasteiger partial charge in [-0.15, -0.1) is 0 Å². The Balaban J connectivity index is 1.48. The average molecular weight is 360 g/mol. The summed E-state index contributed by atoms with van der Waals surface area (Å²) in [6.45, 7) is 5.91. The topological polar surface area (TPSA) is 97.4 Å². The van der Waals surface area contributed by atoms with E-state index in [0.717, 1.165) is 24.9 Å². The molecule has 0 atom stereocenters. The number of carbonyl (C=O) groups excluding carboxylic acids is 2. The van der Waals surface area contributed by atoms with Crippen LogP contribution in [0.1, 0.15) is 37.0 Å². The van der Waals surface area contributed by atoms with Crippen molar-refractivity contribution in [3.05, 3.63) is 28.0 Å². The predicted octanol–water partition coefficient (Wildman–Crippen LogP) is 1.13. The van der Waals surface area contributed by atoms with Crippen molar-refractivity contribution in [3.8, 4) is 0 Å². The molecule has 26 heavy (non-hydrogen) atoms. The first-order chi connectivity index (χ1) is 12.5. The minimum Gasteiger partial charge on any atom is -0.443 e. The molecule has 2 aromatic heterocycles. The van der Waals surface area contributed by atoms with Gasteiger partial charge in [0.25, 0.3) is 5.56 Å². The van der Waals surface area contributed by atoms with Crippen LogP contribution < -0.4 is 10.9 Å². The standard InChI is InChI=1S/C18H24N4O4/c1-12-13(2)26-17-16(12)18(25)22(11-20-17)10-6-14(23)19-7-4-9-21-8-3-5-15(21)24/h11H,3-10H2,1-2H3,(H,19,23). The van der Waals surface area contributed by atoms with Gasteiger partial charge in [-0.1, -0.05) is 0 Å². The van der Waals surface area contributed by atoms with Crippen molar-refractivity contribution in [2.75, 3.05) is 19.6 Å². The van der Waals surface area contributed by atoms with Gasteiger partial charge in [0.05, 0.1) is 0 Å². The number of aromatic nitrogens is 2. The lowest BCUT2D eigenvalue weighted by molar-refractivity contribution is -0.127. The molecule has 1 aliphatic rings. The molecule has 0 aromatic carbocycles. The van der Waals surface area contributed by atoms with Gasteiger partial charge in [-0.2, -0.15) is 0 Å². The fraction of sp³-hybridized carbons (Fsp3) is 0.556. The number of carbonyl (C=O) groups is 2. The number of amides is 2. The van der Waals surface area contributed by atoms with Crippen LogP contribution in [0.15, 0.2) is 15.5 Å². The van der Waals surface area contributed by atoms with Gasteiger partial charge < -0.3 is 14.6 Å². The Morgan fingerprint density at radius 3 is 2.85 bits per heavy atom. The first-order valence-corrected chi connectivity index (χ1v) is 8.97. The van der Waals surface area contributed by atoms with Crippen LogP contribution in [0.2, 0.25) is 0 Å². The lowest BCUT2D eigenvalue weighted by Crippen LogP contribution is -2.31. The molecule has 3 rings (SSSR count). The second-order valence-electron chi connectivity index (χ2n) is 6.64. The number of nitrogens with one attached hydrogen (secondary N) is 1. The quantitative estimate of drug-likeness (QED) is 0.747. The van der Waals surface area contributed by atoms with Gasteiger partial charge in [0.2, 0.25) is 17.5 Å². The highest BCUT2D eigenvalue weighted by Crippen LogP contribution is 2.19. The highest BCUT2D eigenvalue weighted by atomic mass is 16.3. The Labute approximate surface area is 151 Å². The first kappa shape index (κ1) is 18.2. The van der Waals surface area contributed by atoms with Crippen molar-refractivity contribution in [2.24, 2.45) is 0 Å². The molecule has 2 amide bonds. The van der Waals surface area contributed by atoms with Gasteiger partial charge in [0.1, 0.15) is 17.5 Å². The van der Waals surface area contributed by atoms with Crippen LogP contribution in [0.3, 0.4) is 0 Å². The minimum atomic E-state index is -0.190. The Bertz CT molecular complexity index is 883. The zero-order chi connectivity index (χ0) is 18.7. The van der Waals surface area contributed by atoms with Crippen LogP contribution in [0, 0.1) is 13.8 Å². The fourth-order valence-corrected chi connectivity index (χ4v) is 3.18. The van der Waals surface area contributed by atoms with E-state index in [1.165, 1.54) is 10.9 Å². The summed E-state index contributed by atoms with van der Waals surface area (Å²) in [5.74, 6) is 0.754. The smallest absolute Gasteiger partial charge is 0.264 e. The largest absolute Gasteiger partial charge is 0.443 e. The SMILES string of the molecule is Cc1oc2ncn(CCC(=O)NCCCN3CCCC3=O)c(=O)c2c1C. The normalized spacial score (nSPS) is 14.4. The Hall–Kier alpha value is -2.64. The van der Waals surface area contributed by atoms with Gasteiger partial charge in [-0.25, -0.2) is 4.98 Å². The summed E-state index contributed by atoms with van der Waals surface area (Å²) in [6.07, 6.45) is 3.91. The third kappa shape index (κ3) is 3.79. The summed E-state index contributed by atoms with van der Waals surface area (Å²) in [6, 6.07) is 0. The van der Waals surface area contributed by atoms with Crippen molar-refractivity contribution in [1.29, 1.82) is 0 Å². The lowest BCUT2D eigenvalue weighted by Gasteiger charge is -2.15. The summed E-state index contributed by atoms with van der Waals surface area (Å²) in [5.41, 5.74) is 0.930. The van der Waals surface area contributed by atoms with E-state index in [0.29, 0.717) is 36.4 Å². The Morgan fingerprint density at radius 2 is 2.12 bits per heavy atom. The van der Waals surface area contributed by atoms with Crippen LogP contribution in [0.4, 0.5) is 0 Å². The van der Waals surface area contributed by atoms with Gasteiger partial charge in [-0.05, 0) is 26.7 Å². The molecular weight excluding hydrogens is 336 g/mol. The molecule has 0 radical (unpaired) electrons. The third-order valence-electron chi connectivity index (χ3n) is 4.83. The van der Waals surface area contributed by atoms with Crippen molar-refractivity contribution >= 4 is 22.9 Å². The molecule has 0 spiro atoms. The van der Waals surface area contributed by atoms with Gasteiger partial charge in [-0.3, -0.25) is 19.0 Å². The number of fused-ring (bicyclic) bond motifs is 1. The second-order valence-corrected chi connectivity index (χ2v) is 6.64. The Kier molecular flexibility index (Phi) is 5.39. The molecule has 0 saturated carbocycles. The Morgan fingerprint density at radius 1 is 1.31 bits per heavy atom. The van der Waals surface area contributed by atoms with Crippen LogP contribution in [-0.4, -0.2) is 45.9 Å². The van der Waals surface area contributed by atoms with Crippen molar-refractivity contribution in [2.45, 2.75) is 46.1 Å². The van der Waals surface area contributed by atoms with Crippen LogP contribution in [-0.2, 0) is 16.1 Å². The summed E-state index contributed by atoms with van der Waals surface area (Å²) in [4.78, 5) is 42.0. The molecule has 140 valence electrons. The van der Waals surface area contributed by atoms with E-state index in [1.807, 2.05) is 11.8 Å². The van der Waals surface area contributed by atoms with Crippen molar-refractivity contribution < 1.29 is 14.0 Å². The van der Waals surface area contributed by atoms with Crippen molar-refractivity contribution in [1.82, 2.24) is 19.8 Å². The molecular formula is C18H24N4O4. The molecule has 8 nitrogen and oxygen atoms in total. The summed E-state index contributed by atoms with van der Waals surface area (Å²) in [7, 11) is 0. The molecule has 0 bridgehead atoms. The van der Waals surface area contributed by atoms with Gasteiger partial charge >= 0.3 is 0 Å².